The summed E-state index contributed by atoms with van der Waals surface area (Å²) in [5.74, 6) is -2.33. The number of ether oxygens (including phenoxy) is 5. The van der Waals surface area contributed by atoms with Crippen molar-refractivity contribution in [3.8, 4) is 0 Å². The van der Waals surface area contributed by atoms with E-state index in [0.29, 0.717) is 5.56 Å². The van der Waals surface area contributed by atoms with Gasteiger partial charge in [0.15, 0.2) is 12.4 Å². The van der Waals surface area contributed by atoms with Crippen molar-refractivity contribution in [1.29, 1.82) is 0 Å². The van der Waals surface area contributed by atoms with Crippen molar-refractivity contribution in [2.24, 2.45) is 4.99 Å². The molecule has 1 atom stereocenters. The zero-order valence-corrected chi connectivity index (χ0v) is 26.1. The minimum Gasteiger partial charge on any atom is -0.460 e. The van der Waals surface area contributed by atoms with Crippen LogP contribution in [-0.4, -0.2) is 86.6 Å². The number of hydrogen-bond donors (Lipinski definition) is 3. The molecule has 0 bridgehead atoms. The van der Waals surface area contributed by atoms with Gasteiger partial charge in [0.25, 0.3) is 0 Å². The van der Waals surface area contributed by atoms with Crippen molar-refractivity contribution >= 4 is 42.0 Å². The summed E-state index contributed by atoms with van der Waals surface area (Å²) in [6.45, 7) is 10.8. The molecule has 1 aromatic rings. The Labute approximate surface area is 267 Å². The van der Waals surface area contributed by atoms with Gasteiger partial charge in [0.1, 0.15) is 31.5 Å². The molecule has 0 heterocycles. The van der Waals surface area contributed by atoms with E-state index in [4.69, 9.17) is 23.7 Å². The monoisotopic (exact) mass is 644 g/mol. The van der Waals surface area contributed by atoms with Crippen LogP contribution in [0.15, 0.2) is 72.8 Å². The summed E-state index contributed by atoms with van der Waals surface area (Å²) in [4.78, 5) is 77.1. The second-order valence-electron chi connectivity index (χ2n) is 10.0. The van der Waals surface area contributed by atoms with Crippen LogP contribution in [0.4, 0.5) is 14.4 Å². The number of guanidine groups is 1. The first kappa shape index (κ1) is 38.6. The first-order valence-corrected chi connectivity index (χ1v) is 14.1. The maximum atomic E-state index is 12.8. The van der Waals surface area contributed by atoms with Gasteiger partial charge in [-0.25, -0.2) is 24.0 Å². The van der Waals surface area contributed by atoms with Crippen LogP contribution in [0.1, 0.15) is 44.0 Å². The Hall–Kier alpha value is -5.47. The van der Waals surface area contributed by atoms with Crippen LogP contribution in [0.5, 0.6) is 0 Å². The average Bonchev–Trinajstić information content (AvgIpc) is 3.00. The summed E-state index contributed by atoms with van der Waals surface area (Å²) in [6, 6.07) is 7.11. The smallest absolute Gasteiger partial charge is 0.414 e. The number of rotatable bonds is 16. The summed E-state index contributed by atoms with van der Waals surface area (Å²) in [6.07, 6.45) is 2.34. The van der Waals surface area contributed by atoms with Gasteiger partial charge in [-0.15, -0.1) is 0 Å². The van der Waals surface area contributed by atoms with E-state index >= 15 is 0 Å². The van der Waals surface area contributed by atoms with E-state index in [-0.39, 0.29) is 50.9 Å². The number of carbonyl (C=O) groups excluding carboxylic acids is 6. The summed E-state index contributed by atoms with van der Waals surface area (Å²) >= 11 is 0. The van der Waals surface area contributed by atoms with Gasteiger partial charge < -0.3 is 29.0 Å². The first-order chi connectivity index (χ1) is 21.8. The predicted molar refractivity (Wildman–Crippen MR) is 166 cm³/mol. The fourth-order valence-electron chi connectivity index (χ4n) is 3.10. The van der Waals surface area contributed by atoms with E-state index in [9.17, 15) is 28.8 Å². The van der Waals surface area contributed by atoms with Crippen LogP contribution in [-0.2, 0) is 33.3 Å². The largest absolute Gasteiger partial charge is 0.460 e. The Kier molecular flexibility index (Phi) is 17.8. The van der Waals surface area contributed by atoms with Crippen molar-refractivity contribution < 1.29 is 52.5 Å². The van der Waals surface area contributed by atoms with Gasteiger partial charge in [-0.05, 0) is 39.7 Å². The second kappa shape index (κ2) is 21.3. The van der Waals surface area contributed by atoms with E-state index in [1.165, 1.54) is 18.2 Å². The zero-order valence-electron chi connectivity index (χ0n) is 26.1. The van der Waals surface area contributed by atoms with E-state index in [2.05, 4.69) is 34.1 Å². The fourth-order valence-corrected chi connectivity index (χ4v) is 3.10. The molecule has 0 aliphatic heterocycles. The van der Waals surface area contributed by atoms with Crippen molar-refractivity contribution in [3.63, 3.8) is 0 Å². The Morgan fingerprint density at radius 2 is 1.46 bits per heavy atom. The van der Waals surface area contributed by atoms with Crippen LogP contribution in [0.2, 0.25) is 0 Å². The third kappa shape index (κ3) is 18.3. The maximum Gasteiger partial charge on any atom is 0.414 e. The number of ketones is 1. The Morgan fingerprint density at radius 1 is 0.848 bits per heavy atom. The molecule has 0 fully saturated rings. The molecule has 0 unspecified atom stereocenters. The maximum absolute atomic E-state index is 12.8. The summed E-state index contributed by atoms with van der Waals surface area (Å²) in [5.41, 5.74) is -0.455. The Balaban J connectivity index is 2.78. The molecule has 15 nitrogen and oxygen atoms in total. The number of carbonyl (C=O) groups is 6. The van der Waals surface area contributed by atoms with Gasteiger partial charge in [0.05, 0.1) is 0 Å². The highest BCUT2D eigenvalue weighted by Gasteiger charge is 2.25. The lowest BCUT2D eigenvalue weighted by molar-refractivity contribution is -0.145. The lowest BCUT2D eigenvalue weighted by Crippen LogP contribution is -2.45. The molecule has 0 aromatic heterocycles. The number of nitrogens with one attached hydrogen (secondary N) is 3. The first-order valence-electron chi connectivity index (χ1n) is 14.1. The summed E-state index contributed by atoms with van der Waals surface area (Å²) in [7, 11) is 0. The molecule has 0 radical (unpaired) electrons. The van der Waals surface area contributed by atoms with Crippen molar-refractivity contribution in [2.75, 3.05) is 33.0 Å². The molecule has 0 saturated heterocycles. The Bertz CT molecular complexity index is 1240. The van der Waals surface area contributed by atoms with Crippen LogP contribution in [0.3, 0.4) is 0 Å². The third-order valence-corrected chi connectivity index (χ3v) is 5.02. The number of Topliss-reactive ketones (excluding diaryl/α,β-unsaturated/α-hetero) is 1. The Morgan fingerprint density at radius 3 is 2.02 bits per heavy atom. The highest BCUT2D eigenvalue weighted by Crippen LogP contribution is 2.09. The van der Waals surface area contributed by atoms with Crippen LogP contribution in [0.25, 0.3) is 0 Å². The minimum absolute atomic E-state index is 0.00400. The van der Waals surface area contributed by atoms with Gasteiger partial charge in [-0.1, -0.05) is 55.6 Å². The molecule has 0 aliphatic carbocycles. The van der Waals surface area contributed by atoms with Crippen LogP contribution >= 0.6 is 0 Å². The van der Waals surface area contributed by atoms with E-state index in [1.54, 1.807) is 51.1 Å². The van der Waals surface area contributed by atoms with Gasteiger partial charge >= 0.3 is 30.2 Å². The molecule has 3 amide bonds. The predicted octanol–water partition coefficient (Wildman–Crippen LogP) is 3.37. The molecule has 0 saturated carbocycles. The van der Waals surface area contributed by atoms with E-state index in [1.807, 2.05) is 0 Å². The number of esters is 2. The highest BCUT2D eigenvalue weighted by molar-refractivity contribution is 6.01. The number of alkyl carbamates (subject to hydrolysis) is 3. The molecule has 1 rings (SSSR count). The number of hydrogen-bond acceptors (Lipinski definition) is 12. The topological polar surface area (TPSA) is 197 Å². The zero-order chi connectivity index (χ0) is 34.4. The van der Waals surface area contributed by atoms with Crippen molar-refractivity contribution in [2.45, 2.75) is 45.3 Å². The average molecular weight is 645 g/mol. The quantitative estimate of drug-likeness (QED) is 0.0349. The van der Waals surface area contributed by atoms with Crippen LogP contribution in [0, 0.1) is 0 Å². The van der Waals surface area contributed by atoms with E-state index in [0.717, 1.165) is 6.08 Å². The van der Waals surface area contributed by atoms with Gasteiger partial charge in [-0.2, -0.15) is 0 Å². The number of nitrogens with zero attached hydrogens (tertiary/aromatic N) is 1. The third-order valence-electron chi connectivity index (χ3n) is 5.02. The number of aliphatic imine (C=N–C) groups is 1. The normalized spacial score (nSPS) is 11.2. The molecular weight excluding hydrogens is 604 g/mol. The molecule has 46 heavy (non-hydrogen) atoms. The summed E-state index contributed by atoms with van der Waals surface area (Å²) in [5, 5.41) is 6.94. The molecular formula is C31H40N4O11. The summed E-state index contributed by atoms with van der Waals surface area (Å²) < 4.78 is 24.9. The van der Waals surface area contributed by atoms with Gasteiger partial charge in [-0.3, -0.25) is 20.4 Å². The highest BCUT2D eigenvalue weighted by atomic mass is 16.6. The van der Waals surface area contributed by atoms with Crippen molar-refractivity contribution in [1.82, 2.24) is 16.0 Å². The molecule has 1 aromatic carbocycles. The lowest BCUT2D eigenvalue weighted by atomic mass is 10.1. The standard InChI is InChI=1S/C31H40N4O11/c1-6-18-43-28(39)34-27(35-29(40)44-19-7-2)32-17-11-15-23(33-30(41)46-31(3,4)5)26(38)42-20-12-16-25(37)45-21-24(36)22-13-9-8-10-14-22/h6-10,12-14,16,23H,1-2,11,15,17-21H2,3-5H3,(H,33,41)(H2,32,34,35,39,40)/b16-12+/t23-/m0/s1. The second-order valence-corrected chi connectivity index (χ2v) is 10.0. The molecule has 3 N–H and O–H groups in total. The van der Waals surface area contributed by atoms with Gasteiger partial charge in [0.2, 0.25) is 5.96 Å². The lowest BCUT2D eigenvalue weighted by Gasteiger charge is -2.22. The van der Waals surface area contributed by atoms with Crippen LogP contribution < -0.4 is 16.0 Å². The number of benzene rings is 1. The SMILES string of the molecule is C=CCOC(=O)NC(=NCCC[C@H](NC(=O)OC(C)(C)C)C(=O)OC/C=C/C(=O)OCC(=O)c1ccccc1)NC(=O)OCC=C. The molecule has 0 aliphatic rings. The van der Waals surface area contributed by atoms with E-state index < -0.39 is 48.5 Å². The number of amides is 3. The molecule has 15 heteroatoms. The van der Waals surface area contributed by atoms with Gasteiger partial charge in [0, 0.05) is 18.2 Å². The molecule has 0 spiro atoms. The fraction of sp³-hybridized carbons (Fsp3) is 0.387. The van der Waals surface area contributed by atoms with Crippen molar-refractivity contribution in [3.05, 3.63) is 73.4 Å². The molecule has 250 valence electrons. The minimum atomic E-state index is -1.19.